The van der Waals surface area contributed by atoms with Gasteiger partial charge in [0.1, 0.15) is 11.8 Å². The second kappa shape index (κ2) is 21.4. The Morgan fingerprint density at radius 3 is 0.936 bits per heavy atom. The predicted molar refractivity (Wildman–Crippen MR) is 234 cm³/mol. The van der Waals surface area contributed by atoms with Gasteiger partial charge in [0.25, 0.3) is 0 Å². The van der Waals surface area contributed by atoms with Crippen molar-refractivity contribution in [2.45, 2.75) is 62.4 Å². The molecule has 0 saturated heterocycles. The summed E-state index contributed by atoms with van der Waals surface area (Å²) in [5.41, 5.74) is -26.7. The molecular weight excluding hydrogens is 1130 g/mol. The molecule has 0 aliphatic carbocycles. The van der Waals surface area contributed by atoms with Crippen LogP contribution in [0, 0.1) is 0 Å². The van der Waals surface area contributed by atoms with Crippen molar-refractivity contribution in [3.05, 3.63) is 212 Å². The van der Waals surface area contributed by atoms with Gasteiger partial charge < -0.3 is 0 Å². The molecule has 0 bridgehead atoms. The molecule has 7 rings (SSSR count). The Kier molecular flexibility index (Phi) is 16.5. The van der Waals surface area contributed by atoms with Gasteiger partial charge in [-0.1, -0.05) is 103 Å². The second-order valence-corrected chi connectivity index (χ2v) is 17.7. The van der Waals surface area contributed by atoms with E-state index in [1.807, 2.05) is 36.7 Å². The van der Waals surface area contributed by atoms with Crippen LogP contribution in [-0.2, 0) is 62.4 Å². The summed E-state index contributed by atoms with van der Waals surface area (Å²) in [5, 5.41) is 0.764. The first-order chi connectivity index (χ1) is 35.6. The molecule has 0 atom stereocenters. The van der Waals surface area contributed by atoms with Crippen LogP contribution in [0.2, 0.25) is 5.02 Å². The van der Waals surface area contributed by atoms with Gasteiger partial charge in [-0.3, -0.25) is 0 Å². The zero-order chi connectivity index (χ0) is 58.4. The third kappa shape index (κ3) is 14.4. The standard InChI is InChI=1S/C32H12BF24.C18H16ClN2/c34-25(35,36)13-1-14(26(37,38)39)6-21(5-13)33(22-7-15(27(40,41)42)2-16(8-22)28(43,44)45,23-9-17(29(46,47)48)3-18(10-23)30(49,50)51)24-11-19(31(52,53)54)4-20(12-24)32(55,56)57;19-17-8-4-7-16(11-17)12-18-14-21(10-9-20-18)13-15-5-2-1-3-6-15/h1-12H;1-11,14H,12-13H2/q-1;+1. The SMILES string of the molecule is Clc1cccc(Cc2c[n+](Cc3ccccc3)ccn2)c1.FC(F)(F)c1cc([B-](c2cc(C(F)(F)F)cc(C(F)(F)F)c2)(c2cc(C(F)(F)F)cc(C(F)(F)F)c2)c2cc(C(F)(F)F)cc(C(F)(F)F)c2)cc(C(F)(F)F)c1. The maximum absolute atomic E-state index is 14.2. The van der Waals surface area contributed by atoms with Gasteiger partial charge in [-0.05, 0) is 42.0 Å². The van der Waals surface area contributed by atoms with E-state index in [1.165, 1.54) is 11.1 Å². The minimum absolute atomic E-state index is 0.691. The topological polar surface area (TPSA) is 16.8 Å². The molecule has 7 aromatic rings. The third-order valence-corrected chi connectivity index (χ3v) is 12.0. The maximum atomic E-state index is 14.2. The minimum atomic E-state index is -6.13. The van der Waals surface area contributed by atoms with Crippen molar-refractivity contribution >= 4 is 39.6 Å². The molecular formula is C50H28BClF24N2. The van der Waals surface area contributed by atoms with E-state index in [4.69, 9.17) is 11.6 Å². The van der Waals surface area contributed by atoms with Crippen molar-refractivity contribution in [2.24, 2.45) is 0 Å². The number of hydrogen-bond donors (Lipinski definition) is 0. The molecule has 0 amide bonds. The molecule has 0 aliphatic heterocycles. The first kappa shape index (κ1) is 60.3. The van der Waals surface area contributed by atoms with Gasteiger partial charge in [-0.15, -0.1) is 0 Å². The Labute approximate surface area is 428 Å². The Hall–Kier alpha value is -6.93. The van der Waals surface area contributed by atoms with Crippen LogP contribution in [0.5, 0.6) is 0 Å². The average Bonchev–Trinajstić information content (AvgIpc) is 3.30. The van der Waals surface area contributed by atoms with Crippen molar-refractivity contribution in [1.29, 1.82) is 0 Å². The molecule has 0 radical (unpaired) electrons. The van der Waals surface area contributed by atoms with Crippen molar-refractivity contribution in [1.82, 2.24) is 4.98 Å². The Balaban J connectivity index is 0.000000387. The summed E-state index contributed by atoms with van der Waals surface area (Å²) in [5.74, 6) is 0. The number of rotatable bonds is 8. The number of halogens is 25. The van der Waals surface area contributed by atoms with Crippen LogP contribution in [0.15, 0.2) is 146 Å². The maximum Gasteiger partial charge on any atom is 0.416 e. The van der Waals surface area contributed by atoms with Gasteiger partial charge in [-0.2, -0.15) is 132 Å². The highest BCUT2D eigenvalue weighted by Crippen LogP contribution is 2.41. The fourth-order valence-electron chi connectivity index (χ4n) is 8.39. The number of alkyl halides is 24. The molecule has 28 heteroatoms. The number of aromatic nitrogens is 2. The van der Waals surface area contributed by atoms with E-state index in [2.05, 4.69) is 46.1 Å². The van der Waals surface area contributed by atoms with Crippen molar-refractivity contribution in [2.75, 3.05) is 0 Å². The van der Waals surface area contributed by atoms with E-state index in [-0.39, 0.29) is 0 Å². The average molecular weight is 1160 g/mol. The lowest BCUT2D eigenvalue weighted by atomic mass is 9.12. The molecule has 0 unspecified atom stereocenters. The molecule has 0 spiro atoms. The van der Waals surface area contributed by atoms with E-state index in [1.54, 1.807) is 0 Å². The third-order valence-electron chi connectivity index (χ3n) is 11.7. The lowest BCUT2D eigenvalue weighted by Crippen LogP contribution is -2.75. The normalized spacial score (nSPS) is 13.3. The van der Waals surface area contributed by atoms with Crippen LogP contribution in [0.25, 0.3) is 0 Å². The number of benzene rings is 6. The molecule has 78 heavy (non-hydrogen) atoms. The van der Waals surface area contributed by atoms with E-state index in [0.29, 0.717) is 0 Å². The quantitative estimate of drug-likeness (QED) is 0.0842. The van der Waals surface area contributed by atoms with Crippen molar-refractivity contribution in [3.63, 3.8) is 0 Å². The largest absolute Gasteiger partial charge is 0.416 e. The highest BCUT2D eigenvalue weighted by molar-refractivity contribution is 7.20. The smallest absolute Gasteiger partial charge is 0.248 e. The Morgan fingerprint density at radius 1 is 0.359 bits per heavy atom. The molecule has 1 heterocycles. The summed E-state index contributed by atoms with van der Waals surface area (Å²) in [4.78, 5) is 4.44. The van der Waals surface area contributed by atoms with E-state index < -0.39 is 195 Å². The highest BCUT2D eigenvalue weighted by atomic mass is 35.5. The second-order valence-electron chi connectivity index (χ2n) is 17.2. The fraction of sp³-hybridized carbons (Fsp3) is 0.200. The lowest BCUT2D eigenvalue weighted by Gasteiger charge is -2.46. The van der Waals surface area contributed by atoms with Gasteiger partial charge in [0.15, 0.2) is 18.9 Å². The molecule has 0 aliphatic rings. The van der Waals surface area contributed by atoms with E-state index >= 15 is 0 Å². The van der Waals surface area contributed by atoms with Gasteiger partial charge in [-0.25, -0.2) is 4.98 Å². The molecule has 1 aromatic heterocycles. The minimum Gasteiger partial charge on any atom is -0.248 e. The van der Waals surface area contributed by atoms with Crippen molar-refractivity contribution in [3.8, 4) is 0 Å². The molecule has 6 aromatic carbocycles. The summed E-state index contributed by atoms with van der Waals surface area (Å²) in [6, 6.07) is 9.51. The first-order valence-electron chi connectivity index (χ1n) is 21.5. The fourth-order valence-corrected chi connectivity index (χ4v) is 8.61. The molecule has 2 nitrogen and oxygen atoms in total. The van der Waals surface area contributed by atoms with Gasteiger partial charge >= 0.3 is 49.4 Å². The van der Waals surface area contributed by atoms with Crippen LogP contribution in [0.3, 0.4) is 0 Å². The molecule has 0 fully saturated rings. The summed E-state index contributed by atoms with van der Waals surface area (Å²) in [7, 11) is 0. The molecule has 416 valence electrons. The van der Waals surface area contributed by atoms with E-state index in [9.17, 15) is 105 Å². The number of hydrogen-bond acceptors (Lipinski definition) is 1. The van der Waals surface area contributed by atoms with Gasteiger partial charge in [0, 0.05) is 17.0 Å². The van der Waals surface area contributed by atoms with E-state index in [0.717, 1.165) is 23.7 Å². The Bertz CT molecular complexity index is 2820. The molecule has 0 saturated carbocycles. The van der Waals surface area contributed by atoms with Crippen LogP contribution in [0.4, 0.5) is 105 Å². The number of nitrogens with zero attached hydrogens (tertiary/aromatic N) is 2. The van der Waals surface area contributed by atoms with Gasteiger partial charge in [0.05, 0.1) is 50.7 Å². The highest BCUT2D eigenvalue weighted by Gasteiger charge is 2.47. The van der Waals surface area contributed by atoms with Crippen LogP contribution < -0.4 is 26.4 Å². The zero-order valence-electron chi connectivity index (χ0n) is 38.2. The van der Waals surface area contributed by atoms with Gasteiger partial charge in [0.2, 0.25) is 0 Å². The van der Waals surface area contributed by atoms with Crippen molar-refractivity contribution < 1.29 is 110 Å². The van der Waals surface area contributed by atoms with Crippen LogP contribution in [-0.4, -0.2) is 11.1 Å². The zero-order valence-corrected chi connectivity index (χ0v) is 38.9. The first-order valence-corrected chi connectivity index (χ1v) is 21.9. The summed E-state index contributed by atoms with van der Waals surface area (Å²) >= 11 is 6.02. The summed E-state index contributed by atoms with van der Waals surface area (Å²) < 4.78 is 343. The Morgan fingerprint density at radius 2 is 0.654 bits per heavy atom. The predicted octanol–water partition coefficient (Wildman–Crippen LogP) is 14.9. The monoisotopic (exact) mass is 1160 g/mol. The molecule has 0 N–H and O–H groups in total. The summed E-state index contributed by atoms with van der Waals surface area (Å²) in [6.45, 7) is 0.853. The van der Waals surface area contributed by atoms with Crippen LogP contribution in [0.1, 0.15) is 61.3 Å². The van der Waals surface area contributed by atoms with Crippen LogP contribution >= 0.6 is 11.6 Å². The summed E-state index contributed by atoms with van der Waals surface area (Å²) in [6.07, 6.45) is -48.1. The lowest BCUT2D eigenvalue weighted by molar-refractivity contribution is -0.689.